The molecule has 3 rings (SSSR count). The summed E-state index contributed by atoms with van der Waals surface area (Å²) in [7, 11) is 0. The second-order valence-electron chi connectivity index (χ2n) is 5.62. The zero-order valence-electron chi connectivity index (χ0n) is 15.0. The molecule has 8 heteroatoms. The van der Waals surface area contributed by atoms with Crippen LogP contribution in [0, 0.1) is 0 Å². The SMILES string of the molecule is CCOC(=O)COc1ccc(Br)cc1/C=N/NC(=O)c1cc2ccccc2o1. The molecule has 2 aromatic carbocycles. The molecule has 0 bridgehead atoms. The molecule has 0 aliphatic heterocycles. The predicted octanol–water partition coefficient (Wildman–Crippen LogP) is 3.90. The average Bonchev–Trinajstić information content (AvgIpc) is 3.12. The summed E-state index contributed by atoms with van der Waals surface area (Å²) in [6.45, 7) is 1.78. The molecule has 1 aromatic heterocycles. The summed E-state index contributed by atoms with van der Waals surface area (Å²) in [6, 6.07) is 14.2. The van der Waals surface area contributed by atoms with E-state index in [1.807, 2.05) is 18.2 Å². The number of carbonyl (C=O) groups excluding carboxylic acids is 2. The molecular weight excluding hydrogens is 428 g/mol. The number of carbonyl (C=O) groups is 2. The fourth-order valence-corrected chi connectivity index (χ4v) is 2.78. The zero-order valence-corrected chi connectivity index (χ0v) is 16.6. The minimum absolute atomic E-state index is 0.159. The van der Waals surface area contributed by atoms with Crippen LogP contribution in [0.1, 0.15) is 23.0 Å². The predicted molar refractivity (Wildman–Crippen MR) is 108 cm³/mol. The molecule has 0 fully saturated rings. The van der Waals surface area contributed by atoms with Gasteiger partial charge in [-0.2, -0.15) is 5.10 Å². The van der Waals surface area contributed by atoms with Crippen LogP contribution in [0.4, 0.5) is 0 Å². The Kier molecular flexibility index (Phi) is 6.44. The van der Waals surface area contributed by atoms with Crippen molar-refractivity contribution in [3.05, 3.63) is 64.3 Å². The lowest BCUT2D eigenvalue weighted by Gasteiger charge is -2.09. The molecule has 0 radical (unpaired) electrons. The van der Waals surface area contributed by atoms with Gasteiger partial charge in [-0.05, 0) is 37.3 Å². The number of para-hydroxylation sites is 1. The maximum atomic E-state index is 12.2. The Morgan fingerprint density at radius 3 is 2.82 bits per heavy atom. The van der Waals surface area contributed by atoms with Gasteiger partial charge in [0, 0.05) is 15.4 Å². The first-order chi connectivity index (χ1) is 13.6. The third kappa shape index (κ3) is 4.98. The standard InChI is InChI=1S/C20H17BrN2O5/c1-2-26-19(24)12-27-16-8-7-15(21)9-14(16)11-22-23-20(25)18-10-13-5-3-4-6-17(13)28-18/h3-11H,2,12H2,1H3,(H,23,25)/b22-11+. The Bertz CT molecular complexity index is 995. The zero-order chi connectivity index (χ0) is 19.9. The third-order valence-corrected chi connectivity index (χ3v) is 4.13. The first kappa shape index (κ1) is 19.6. The highest BCUT2D eigenvalue weighted by Crippen LogP contribution is 2.22. The first-order valence-electron chi connectivity index (χ1n) is 8.46. The van der Waals surface area contributed by atoms with Gasteiger partial charge >= 0.3 is 11.9 Å². The van der Waals surface area contributed by atoms with E-state index in [1.54, 1.807) is 37.3 Å². The Morgan fingerprint density at radius 1 is 1.21 bits per heavy atom. The highest BCUT2D eigenvalue weighted by molar-refractivity contribution is 9.10. The molecule has 28 heavy (non-hydrogen) atoms. The van der Waals surface area contributed by atoms with Crippen LogP contribution in [-0.2, 0) is 9.53 Å². The Morgan fingerprint density at radius 2 is 2.04 bits per heavy atom. The Hall–Kier alpha value is -3.13. The molecule has 1 heterocycles. The van der Waals surface area contributed by atoms with E-state index in [1.165, 1.54) is 6.21 Å². The van der Waals surface area contributed by atoms with E-state index in [2.05, 4.69) is 26.5 Å². The molecule has 0 aliphatic rings. The number of benzene rings is 2. The molecule has 0 saturated carbocycles. The van der Waals surface area contributed by atoms with Crippen LogP contribution in [0.3, 0.4) is 0 Å². The van der Waals surface area contributed by atoms with E-state index in [0.29, 0.717) is 16.9 Å². The number of nitrogens with one attached hydrogen (secondary N) is 1. The van der Waals surface area contributed by atoms with Crippen LogP contribution in [0.25, 0.3) is 11.0 Å². The summed E-state index contributed by atoms with van der Waals surface area (Å²) in [5.41, 5.74) is 3.61. The highest BCUT2D eigenvalue weighted by atomic mass is 79.9. The largest absolute Gasteiger partial charge is 0.481 e. The van der Waals surface area contributed by atoms with Crippen LogP contribution in [-0.4, -0.2) is 31.3 Å². The van der Waals surface area contributed by atoms with Crippen molar-refractivity contribution in [1.29, 1.82) is 0 Å². The topological polar surface area (TPSA) is 90.1 Å². The quantitative estimate of drug-likeness (QED) is 0.339. The number of furan rings is 1. The molecule has 7 nitrogen and oxygen atoms in total. The minimum atomic E-state index is -0.476. The van der Waals surface area contributed by atoms with Crippen molar-refractivity contribution in [2.45, 2.75) is 6.92 Å². The summed E-state index contributed by atoms with van der Waals surface area (Å²) in [5, 5.41) is 4.78. The maximum absolute atomic E-state index is 12.2. The van der Waals surface area contributed by atoms with E-state index >= 15 is 0 Å². The van der Waals surface area contributed by atoms with Gasteiger partial charge < -0.3 is 13.9 Å². The van der Waals surface area contributed by atoms with Crippen LogP contribution in [0.2, 0.25) is 0 Å². The van der Waals surface area contributed by atoms with Gasteiger partial charge in [-0.15, -0.1) is 0 Å². The molecule has 1 amide bonds. The number of ether oxygens (including phenoxy) is 2. The Balaban J connectivity index is 1.68. The summed E-state index contributed by atoms with van der Waals surface area (Å²) in [6.07, 6.45) is 1.42. The number of amides is 1. The number of halogens is 1. The van der Waals surface area contributed by atoms with Crippen LogP contribution in [0.15, 0.2) is 62.5 Å². The van der Waals surface area contributed by atoms with Gasteiger partial charge in [-0.25, -0.2) is 10.2 Å². The number of nitrogens with zero attached hydrogens (tertiary/aromatic N) is 1. The number of hydrogen-bond donors (Lipinski definition) is 1. The summed E-state index contributed by atoms with van der Waals surface area (Å²) in [4.78, 5) is 23.7. The molecule has 0 spiro atoms. The molecule has 0 unspecified atom stereocenters. The van der Waals surface area contributed by atoms with Gasteiger partial charge in [-0.3, -0.25) is 4.79 Å². The molecule has 144 valence electrons. The molecule has 0 saturated heterocycles. The Labute approximate surface area is 169 Å². The second-order valence-corrected chi connectivity index (χ2v) is 6.54. The van der Waals surface area contributed by atoms with Crippen molar-refractivity contribution in [2.24, 2.45) is 5.10 Å². The first-order valence-corrected chi connectivity index (χ1v) is 9.26. The number of hydrogen-bond acceptors (Lipinski definition) is 6. The van der Waals surface area contributed by atoms with Crippen molar-refractivity contribution >= 4 is 45.0 Å². The normalized spacial score (nSPS) is 10.9. The average molecular weight is 445 g/mol. The van der Waals surface area contributed by atoms with Gasteiger partial charge in [0.15, 0.2) is 12.4 Å². The maximum Gasteiger partial charge on any atom is 0.344 e. The molecule has 0 aliphatic carbocycles. The molecule has 0 atom stereocenters. The van der Waals surface area contributed by atoms with E-state index in [9.17, 15) is 9.59 Å². The smallest absolute Gasteiger partial charge is 0.344 e. The number of rotatable bonds is 7. The van der Waals surface area contributed by atoms with Crippen molar-refractivity contribution in [3.8, 4) is 5.75 Å². The lowest BCUT2D eigenvalue weighted by molar-refractivity contribution is -0.145. The summed E-state index contributed by atoms with van der Waals surface area (Å²) < 4.78 is 16.6. The lowest BCUT2D eigenvalue weighted by atomic mass is 10.2. The van der Waals surface area contributed by atoms with Gasteiger partial charge in [0.05, 0.1) is 12.8 Å². The van der Waals surface area contributed by atoms with Crippen molar-refractivity contribution < 1.29 is 23.5 Å². The molecule has 3 aromatic rings. The van der Waals surface area contributed by atoms with Gasteiger partial charge in [-0.1, -0.05) is 34.1 Å². The fourth-order valence-electron chi connectivity index (χ4n) is 2.40. The van der Waals surface area contributed by atoms with E-state index in [-0.39, 0.29) is 19.0 Å². The third-order valence-electron chi connectivity index (χ3n) is 3.64. The van der Waals surface area contributed by atoms with Gasteiger partial charge in [0.25, 0.3) is 0 Å². The van der Waals surface area contributed by atoms with E-state index in [4.69, 9.17) is 13.9 Å². The highest BCUT2D eigenvalue weighted by Gasteiger charge is 2.11. The second kappa shape index (κ2) is 9.18. The number of hydrazone groups is 1. The van der Waals surface area contributed by atoms with Gasteiger partial charge in [0.1, 0.15) is 11.3 Å². The van der Waals surface area contributed by atoms with Crippen LogP contribution >= 0.6 is 15.9 Å². The van der Waals surface area contributed by atoms with Crippen LogP contribution in [0.5, 0.6) is 5.75 Å². The van der Waals surface area contributed by atoms with E-state index in [0.717, 1.165) is 9.86 Å². The lowest BCUT2D eigenvalue weighted by Crippen LogP contribution is -2.17. The number of fused-ring (bicyclic) bond motifs is 1. The minimum Gasteiger partial charge on any atom is -0.481 e. The van der Waals surface area contributed by atoms with Gasteiger partial charge in [0.2, 0.25) is 0 Å². The number of esters is 1. The fraction of sp³-hybridized carbons (Fsp3) is 0.150. The molecular formula is C20H17BrN2O5. The van der Waals surface area contributed by atoms with E-state index < -0.39 is 11.9 Å². The molecule has 1 N–H and O–H groups in total. The summed E-state index contributed by atoms with van der Waals surface area (Å²) in [5.74, 6) is -0.354. The monoisotopic (exact) mass is 444 g/mol. The van der Waals surface area contributed by atoms with Crippen molar-refractivity contribution in [3.63, 3.8) is 0 Å². The summed E-state index contributed by atoms with van der Waals surface area (Å²) >= 11 is 3.37. The van der Waals surface area contributed by atoms with Crippen molar-refractivity contribution in [1.82, 2.24) is 5.43 Å². The van der Waals surface area contributed by atoms with Crippen LogP contribution < -0.4 is 10.2 Å². The van der Waals surface area contributed by atoms with Crippen molar-refractivity contribution in [2.75, 3.05) is 13.2 Å².